The Bertz CT molecular complexity index is 305. The van der Waals surface area contributed by atoms with Crippen molar-refractivity contribution in [1.29, 1.82) is 0 Å². The van der Waals surface area contributed by atoms with Gasteiger partial charge in [0.25, 0.3) is 0 Å². The second-order valence-electron chi connectivity index (χ2n) is 2.77. The number of H-pyrrole nitrogens is 1. The molecule has 13 heavy (non-hydrogen) atoms. The first kappa shape index (κ1) is 8.47. The number of hydrogen-bond acceptors (Lipinski definition) is 3. The van der Waals surface area contributed by atoms with Crippen molar-refractivity contribution in [3.63, 3.8) is 0 Å². The average molecular weight is 193 g/mol. The molecule has 2 rings (SSSR count). The average Bonchev–Trinajstić information content (AvgIpc) is 2.76. The van der Waals surface area contributed by atoms with Crippen LogP contribution >= 0.6 is 11.3 Å². The van der Waals surface area contributed by atoms with Crippen molar-refractivity contribution in [3.05, 3.63) is 40.3 Å². The van der Waals surface area contributed by atoms with Crippen LogP contribution in [0.5, 0.6) is 0 Å². The van der Waals surface area contributed by atoms with Gasteiger partial charge < -0.3 is 5.32 Å². The quantitative estimate of drug-likeness (QED) is 0.780. The van der Waals surface area contributed by atoms with Crippen LogP contribution < -0.4 is 5.32 Å². The molecule has 2 heterocycles. The summed E-state index contributed by atoms with van der Waals surface area (Å²) in [4.78, 5) is 1.31. The minimum atomic E-state index is 0.263. The smallest absolute Gasteiger partial charge is 0.0699 e. The normalized spacial score (nSPS) is 13.0. The molecule has 68 valence electrons. The van der Waals surface area contributed by atoms with Gasteiger partial charge in [-0.15, -0.1) is 11.3 Å². The van der Waals surface area contributed by atoms with Crippen molar-refractivity contribution >= 4 is 11.3 Å². The van der Waals surface area contributed by atoms with Crippen molar-refractivity contribution in [2.24, 2.45) is 0 Å². The van der Waals surface area contributed by atoms with Crippen LogP contribution in [0.3, 0.4) is 0 Å². The lowest BCUT2D eigenvalue weighted by atomic mass is 10.1. The number of nitrogens with zero attached hydrogens (tertiary/aromatic N) is 1. The molecule has 0 radical (unpaired) electrons. The second kappa shape index (κ2) is 3.72. The molecule has 0 bridgehead atoms. The van der Waals surface area contributed by atoms with Gasteiger partial charge in [0.1, 0.15) is 0 Å². The van der Waals surface area contributed by atoms with E-state index in [2.05, 4.69) is 33.0 Å². The molecule has 3 nitrogen and oxygen atoms in total. The number of aromatic amines is 1. The lowest BCUT2D eigenvalue weighted by Crippen LogP contribution is -2.15. The third-order valence-electron chi connectivity index (χ3n) is 1.97. The Balaban J connectivity index is 2.29. The summed E-state index contributed by atoms with van der Waals surface area (Å²) in [5, 5.41) is 12.1. The first-order chi connectivity index (χ1) is 6.42. The van der Waals surface area contributed by atoms with Crippen molar-refractivity contribution in [1.82, 2.24) is 15.5 Å². The summed E-state index contributed by atoms with van der Waals surface area (Å²) in [6.45, 7) is 0. The van der Waals surface area contributed by atoms with Crippen molar-refractivity contribution in [3.8, 4) is 0 Å². The van der Waals surface area contributed by atoms with Gasteiger partial charge in [0.15, 0.2) is 0 Å². The van der Waals surface area contributed by atoms with Crippen LogP contribution in [-0.2, 0) is 0 Å². The summed E-state index contributed by atoms with van der Waals surface area (Å²) in [5.74, 6) is 0. The SMILES string of the molecule is CNC(c1cn[nH]c1)c1cccs1. The summed E-state index contributed by atoms with van der Waals surface area (Å²) < 4.78 is 0. The zero-order valence-electron chi connectivity index (χ0n) is 7.32. The van der Waals surface area contributed by atoms with Gasteiger partial charge in [0.05, 0.1) is 12.2 Å². The molecule has 1 atom stereocenters. The van der Waals surface area contributed by atoms with Crippen LogP contribution in [0.15, 0.2) is 29.9 Å². The van der Waals surface area contributed by atoms with Crippen LogP contribution in [0.2, 0.25) is 0 Å². The fraction of sp³-hybridized carbons (Fsp3) is 0.222. The molecule has 0 fully saturated rings. The first-order valence-electron chi connectivity index (χ1n) is 4.11. The Kier molecular flexibility index (Phi) is 2.42. The Morgan fingerprint density at radius 2 is 2.54 bits per heavy atom. The van der Waals surface area contributed by atoms with E-state index in [9.17, 15) is 0 Å². The predicted octanol–water partition coefficient (Wildman–Crippen LogP) is 1.78. The summed E-state index contributed by atoms with van der Waals surface area (Å²) in [7, 11) is 1.96. The molecule has 4 heteroatoms. The van der Waals surface area contributed by atoms with Crippen LogP contribution in [0, 0.1) is 0 Å². The molecule has 2 aromatic rings. The molecule has 0 aliphatic heterocycles. The topological polar surface area (TPSA) is 40.7 Å². The second-order valence-corrected chi connectivity index (χ2v) is 3.75. The highest BCUT2D eigenvalue weighted by Gasteiger charge is 2.12. The molecule has 0 amide bonds. The molecule has 0 aliphatic rings. The van der Waals surface area contributed by atoms with Gasteiger partial charge in [-0.2, -0.15) is 5.10 Å². The minimum Gasteiger partial charge on any atom is -0.309 e. The summed E-state index contributed by atoms with van der Waals surface area (Å²) >= 11 is 1.75. The van der Waals surface area contributed by atoms with Gasteiger partial charge in [0, 0.05) is 16.6 Å². The molecule has 2 aromatic heterocycles. The third-order valence-corrected chi connectivity index (χ3v) is 2.91. The molecule has 1 unspecified atom stereocenters. The molecular weight excluding hydrogens is 182 g/mol. The lowest BCUT2D eigenvalue weighted by molar-refractivity contribution is 0.704. The standard InChI is InChI=1S/C9H11N3S/c1-10-9(7-5-11-12-6-7)8-3-2-4-13-8/h2-6,9-10H,1H3,(H,11,12). The molecule has 0 spiro atoms. The van der Waals surface area contributed by atoms with E-state index in [4.69, 9.17) is 0 Å². The third kappa shape index (κ3) is 1.64. The number of hydrogen-bond donors (Lipinski definition) is 2. The zero-order valence-corrected chi connectivity index (χ0v) is 8.14. The monoisotopic (exact) mass is 193 g/mol. The Hall–Kier alpha value is -1.13. The maximum Gasteiger partial charge on any atom is 0.0699 e. The van der Waals surface area contributed by atoms with E-state index >= 15 is 0 Å². The van der Waals surface area contributed by atoms with Crippen molar-refractivity contribution < 1.29 is 0 Å². The van der Waals surface area contributed by atoms with Crippen molar-refractivity contribution in [2.75, 3.05) is 7.05 Å². The maximum absolute atomic E-state index is 3.94. The van der Waals surface area contributed by atoms with Gasteiger partial charge in [-0.1, -0.05) is 6.07 Å². The van der Waals surface area contributed by atoms with E-state index in [0.717, 1.165) is 0 Å². The van der Waals surface area contributed by atoms with E-state index in [1.807, 2.05) is 19.4 Å². The maximum atomic E-state index is 3.94. The highest BCUT2D eigenvalue weighted by molar-refractivity contribution is 7.10. The van der Waals surface area contributed by atoms with E-state index < -0.39 is 0 Å². The minimum absolute atomic E-state index is 0.263. The Morgan fingerprint density at radius 3 is 3.08 bits per heavy atom. The van der Waals surface area contributed by atoms with E-state index in [0.29, 0.717) is 0 Å². The van der Waals surface area contributed by atoms with Crippen LogP contribution in [0.1, 0.15) is 16.5 Å². The molecule has 0 saturated carbocycles. The van der Waals surface area contributed by atoms with Crippen LogP contribution in [-0.4, -0.2) is 17.2 Å². The number of thiophene rings is 1. The fourth-order valence-corrected chi connectivity index (χ4v) is 2.21. The summed E-state index contributed by atoms with van der Waals surface area (Å²) in [5.41, 5.74) is 1.17. The highest BCUT2D eigenvalue weighted by Crippen LogP contribution is 2.24. The Labute approximate surface area is 80.8 Å². The number of aromatic nitrogens is 2. The van der Waals surface area contributed by atoms with Gasteiger partial charge in [-0.3, -0.25) is 5.10 Å². The van der Waals surface area contributed by atoms with E-state index in [-0.39, 0.29) is 6.04 Å². The molecule has 0 aliphatic carbocycles. The molecule has 0 aromatic carbocycles. The van der Waals surface area contributed by atoms with Gasteiger partial charge in [-0.25, -0.2) is 0 Å². The molecule has 2 N–H and O–H groups in total. The van der Waals surface area contributed by atoms with Crippen LogP contribution in [0.25, 0.3) is 0 Å². The highest BCUT2D eigenvalue weighted by atomic mass is 32.1. The van der Waals surface area contributed by atoms with Crippen molar-refractivity contribution in [2.45, 2.75) is 6.04 Å². The zero-order chi connectivity index (χ0) is 9.10. The summed E-state index contributed by atoms with van der Waals surface area (Å²) in [6, 6.07) is 4.45. The fourth-order valence-electron chi connectivity index (χ4n) is 1.35. The number of nitrogens with one attached hydrogen (secondary N) is 2. The van der Waals surface area contributed by atoms with Crippen LogP contribution in [0.4, 0.5) is 0 Å². The predicted molar refractivity (Wildman–Crippen MR) is 53.8 cm³/mol. The van der Waals surface area contributed by atoms with Gasteiger partial charge >= 0.3 is 0 Å². The molecule has 0 saturated heterocycles. The lowest BCUT2D eigenvalue weighted by Gasteiger charge is -2.11. The summed E-state index contributed by atoms with van der Waals surface area (Å²) in [6.07, 6.45) is 3.77. The van der Waals surface area contributed by atoms with Gasteiger partial charge in [-0.05, 0) is 18.5 Å². The van der Waals surface area contributed by atoms with Gasteiger partial charge in [0.2, 0.25) is 0 Å². The molecular formula is C9H11N3S. The largest absolute Gasteiger partial charge is 0.309 e. The Morgan fingerprint density at radius 1 is 1.62 bits per heavy atom. The van der Waals surface area contributed by atoms with E-state index in [1.54, 1.807) is 11.3 Å². The van der Waals surface area contributed by atoms with E-state index in [1.165, 1.54) is 10.4 Å². The number of rotatable bonds is 3. The first-order valence-corrected chi connectivity index (χ1v) is 4.99.